The lowest BCUT2D eigenvalue weighted by Crippen LogP contribution is -2.49. The number of imidazole rings is 1. The van der Waals surface area contributed by atoms with Crippen LogP contribution in [0.25, 0.3) is 0 Å². The molecule has 1 saturated heterocycles. The number of aryl methyl sites for hydroxylation is 2. The van der Waals surface area contributed by atoms with E-state index in [1.54, 1.807) is 4.68 Å². The number of thioether (sulfide) groups is 1. The van der Waals surface area contributed by atoms with Crippen LogP contribution in [0.2, 0.25) is 0 Å². The van der Waals surface area contributed by atoms with Crippen LogP contribution < -0.4 is 5.56 Å². The topological polar surface area (TPSA) is 56.0 Å². The molecule has 0 spiro atoms. The summed E-state index contributed by atoms with van der Waals surface area (Å²) in [6.45, 7) is 4.94. The fourth-order valence-corrected chi connectivity index (χ4v) is 5.34. The molecule has 6 nitrogen and oxygen atoms in total. The maximum Gasteiger partial charge on any atom is 0.267 e. The number of likely N-dealkylation sites (tertiary alicyclic amines) is 1. The molecule has 1 fully saturated rings. The zero-order valence-electron chi connectivity index (χ0n) is 15.1. The van der Waals surface area contributed by atoms with Crippen molar-refractivity contribution in [3.63, 3.8) is 0 Å². The number of aromatic nitrogens is 4. The lowest BCUT2D eigenvalue weighted by Gasteiger charge is -2.39. The van der Waals surface area contributed by atoms with Gasteiger partial charge in [0.25, 0.3) is 5.56 Å². The van der Waals surface area contributed by atoms with Gasteiger partial charge in [-0.3, -0.25) is 9.69 Å². The van der Waals surface area contributed by atoms with Crippen molar-refractivity contribution in [2.24, 2.45) is 5.92 Å². The molecule has 26 heavy (non-hydrogen) atoms. The molecule has 3 aliphatic heterocycles. The third-order valence-corrected chi connectivity index (χ3v) is 6.82. The second-order valence-corrected chi connectivity index (χ2v) is 8.88. The Balaban J connectivity index is 1.20. The first-order chi connectivity index (χ1) is 12.8. The summed E-state index contributed by atoms with van der Waals surface area (Å²) < 4.78 is 4.11. The lowest BCUT2D eigenvalue weighted by molar-refractivity contribution is 0.0738. The summed E-state index contributed by atoms with van der Waals surface area (Å²) in [6.07, 6.45) is 6.70. The Hall–Kier alpha value is -1.60. The van der Waals surface area contributed by atoms with Crippen LogP contribution in [0.1, 0.15) is 35.6 Å². The molecule has 0 aromatic carbocycles. The molecule has 2 aromatic heterocycles. The highest BCUT2D eigenvalue weighted by molar-refractivity contribution is 7.98. The van der Waals surface area contributed by atoms with E-state index in [9.17, 15) is 4.79 Å². The summed E-state index contributed by atoms with van der Waals surface area (Å²) in [5, 5.41) is 4.65. The molecule has 2 aromatic rings. The highest BCUT2D eigenvalue weighted by Gasteiger charge is 2.29. The van der Waals surface area contributed by atoms with Crippen LogP contribution in [0.4, 0.5) is 0 Å². The Kier molecular flexibility index (Phi) is 4.36. The van der Waals surface area contributed by atoms with Crippen LogP contribution in [0.15, 0.2) is 17.1 Å². The van der Waals surface area contributed by atoms with Gasteiger partial charge in [-0.05, 0) is 24.2 Å². The molecule has 0 radical (unpaired) electrons. The molecule has 3 aliphatic rings. The van der Waals surface area contributed by atoms with Crippen LogP contribution in [0.3, 0.4) is 0 Å². The average Bonchev–Trinajstić information content (AvgIpc) is 3.03. The number of rotatable bonds is 4. The number of fused-ring (bicyclic) bond motifs is 2. The summed E-state index contributed by atoms with van der Waals surface area (Å²) in [5.74, 6) is 3.84. The van der Waals surface area contributed by atoms with Gasteiger partial charge in [-0.25, -0.2) is 9.67 Å². The zero-order chi connectivity index (χ0) is 17.5. The summed E-state index contributed by atoms with van der Waals surface area (Å²) >= 11 is 1.89. The second-order valence-electron chi connectivity index (χ2n) is 7.77. The van der Waals surface area contributed by atoms with E-state index in [1.807, 2.05) is 17.8 Å². The SMILES string of the molecule is O=c1cc2c(nn1CC1CN(Cc3cnc4n3CCCC4)C1)CCSC2. The van der Waals surface area contributed by atoms with E-state index < -0.39 is 0 Å². The van der Waals surface area contributed by atoms with E-state index in [0.717, 1.165) is 68.3 Å². The van der Waals surface area contributed by atoms with Crippen molar-refractivity contribution in [1.29, 1.82) is 0 Å². The van der Waals surface area contributed by atoms with E-state index in [2.05, 4.69) is 25.7 Å². The van der Waals surface area contributed by atoms with Crippen LogP contribution in [-0.4, -0.2) is 43.1 Å². The summed E-state index contributed by atoms with van der Waals surface area (Å²) in [4.78, 5) is 19.4. The molecule has 0 amide bonds. The Morgan fingerprint density at radius 3 is 3.08 bits per heavy atom. The standard InChI is InChI=1S/C19H25N5OS/c25-19-7-15-13-26-6-4-17(15)21-24(19)11-14-9-22(10-14)12-16-8-20-18-3-1-2-5-23(16)18/h7-8,14H,1-6,9-13H2. The lowest BCUT2D eigenvalue weighted by atomic mass is 10.00. The van der Waals surface area contributed by atoms with E-state index in [-0.39, 0.29) is 5.56 Å². The van der Waals surface area contributed by atoms with Crippen molar-refractivity contribution < 1.29 is 0 Å². The Bertz CT molecular complexity index is 867. The Morgan fingerprint density at radius 2 is 2.15 bits per heavy atom. The fraction of sp³-hybridized carbons (Fsp3) is 0.632. The molecule has 0 saturated carbocycles. The van der Waals surface area contributed by atoms with Crippen LogP contribution in [0, 0.1) is 5.92 Å². The van der Waals surface area contributed by atoms with Gasteiger partial charge in [0.05, 0.1) is 17.9 Å². The molecule has 138 valence electrons. The molecule has 0 unspecified atom stereocenters. The van der Waals surface area contributed by atoms with Gasteiger partial charge < -0.3 is 4.57 Å². The van der Waals surface area contributed by atoms with Crippen LogP contribution in [-0.2, 0) is 38.2 Å². The average molecular weight is 372 g/mol. The number of nitrogens with zero attached hydrogens (tertiary/aromatic N) is 5. The Labute approximate surface area is 157 Å². The van der Waals surface area contributed by atoms with Crippen molar-refractivity contribution in [3.8, 4) is 0 Å². The minimum Gasteiger partial charge on any atom is -0.331 e. The van der Waals surface area contributed by atoms with Gasteiger partial charge in [0.2, 0.25) is 0 Å². The van der Waals surface area contributed by atoms with Crippen molar-refractivity contribution >= 4 is 11.8 Å². The van der Waals surface area contributed by atoms with E-state index >= 15 is 0 Å². The minimum absolute atomic E-state index is 0.0644. The molecule has 0 N–H and O–H groups in total. The van der Waals surface area contributed by atoms with Gasteiger partial charge in [-0.2, -0.15) is 16.9 Å². The molecular formula is C19H25N5OS. The molecule has 5 heterocycles. The van der Waals surface area contributed by atoms with E-state index in [0.29, 0.717) is 5.92 Å². The van der Waals surface area contributed by atoms with Gasteiger partial charge in [0.15, 0.2) is 0 Å². The van der Waals surface area contributed by atoms with Gasteiger partial charge in [-0.15, -0.1) is 0 Å². The van der Waals surface area contributed by atoms with Gasteiger partial charge in [0, 0.05) is 63.0 Å². The molecular weight excluding hydrogens is 346 g/mol. The molecule has 0 aliphatic carbocycles. The maximum atomic E-state index is 12.3. The highest BCUT2D eigenvalue weighted by Crippen LogP contribution is 2.24. The predicted octanol–water partition coefficient (Wildman–Crippen LogP) is 1.70. The predicted molar refractivity (Wildman–Crippen MR) is 102 cm³/mol. The quantitative estimate of drug-likeness (QED) is 0.819. The van der Waals surface area contributed by atoms with E-state index in [1.165, 1.54) is 24.4 Å². The van der Waals surface area contributed by atoms with E-state index in [4.69, 9.17) is 0 Å². The third kappa shape index (κ3) is 3.11. The minimum atomic E-state index is 0.0644. The summed E-state index contributed by atoms with van der Waals surface area (Å²) in [7, 11) is 0. The summed E-state index contributed by atoms with van der Waals surface area (Å²) in [6, 6.07) is 1.81. The first-order valence-corrected chi connectivity index (χ1v) is 10.8. The van der Waals surface area contributed by atoms with Gasteiger partial charge in [-0.1, -0.05) is 0 Å². The van der Waals surface area contributed by atoms with Gasteiger partial charge in [0.1, 0.15) is 5.82 Å². The largest absolute Gasteiger partial charge is 0.331 e. The van der Waals surface area contributed by atoms with Crippen molar-refractivity contribution in [3.05, 3.63) is 45.4 Å². The highest BCUT2D eigenvalue weighted by atomic mass is 32.2. The fourth-order valence-electron chi connectivity index (χ4n) is 4.38. The third-order valence-electron chi connectivity index (χ3n) is 5.81. The zero-order valence-corrected chi connectivity index (χ0v) is 15.9. The molecule has 7 heteroatoms. The van der Waals surface area contributed by atoms with Crippen molar-refractivity contribution in [2.75, 3.05) is 18.8 Å². The summed E-state index contributed by atoms with van der Waals surface area (Å²) in [5.41, 5.74) is 3.68. The van der Waals surface area contributed by atoms with Crippen LogP contribution in [0.5, 0.6) is 0 Å². The first-order valence-electron chi connectivity index (χ1n) is 9.69. The molecule has 0 atom stereocenters. The second kappa shape index (κ2) is 6.85. The number of hydrogen-bond acceptors (Lipinski definition) is 5. The van der Waals surface area contributed by atoms with Crippen molar-refractivity contribution in [1.82, 2.24) is 24.2 Å². The number of hydrogen-bond donors (Lipinski definition) is 0. The smallest absolute Gasteiger partial charge is 0.267 e. The monoisotopic (exact) mass is 371 g/mol. The van der Waals surface area contributed by atoms with Crippen molar-refractivity contribution in [2.45, 2.75) is 51.1 Å². The van der Waals surface area contributed by atoms with Crippen LogP contribution >= 0.6 is 11.8 Å². The normalized spacial score (nSPS) is 20.5. The Morgan fingerprint density at radius 1 is 1.23 bits per heavy atom. The maximum absolute atomic E-state index is 12.3. The first kappa shape index (κ1) is 16.6. The molecule has 5 rings (SSSR count). The molecule has 0 bridgehead atoms. The van der Waals surface area contributed by atoms with Gasteiger partial charge >= 0.3 is 0 Å².